The van der Waals surface area contributed by atoms with Gasteiger partial charge in [-0.3, -0.25) is 4.79 Å². The number of amides is 1. The van der Waals surface area contributed by atoms with Crippen molar-refractivity contribution >= 4 is 5.91 Å². The zero-order valence-electron chi connectivity index (χ0n) is 11.8. The molecule has 0 aliphatic carbocycles. The molecule has 0 saturated carbocycles. The van der Waals surface area contributed by atoms with Crippen LogP contribution in [0.2, 0.25) is 0 Å². The second kappa shape index (κ2) is 6.27. The van der Waals surface area contributed by atoms with Crippen molar-refractivity contribution < 1.29 is 18.1 Å². The molecule has 116 valence electrons. The fraction of sp³-hybridized carbons (Fsp3) is 0.0625. The lowest BCUT2D eigenvalue weighted by Gasteiger charge is -2.01. The molecular formula is C16H11FN2O4. The van der Waals surface area contributed by atoms with Gasteiger partial charge in [0.05, 0.1) is 12.1 Å². The van der Waals surface area contributed by atoms with Crippen molar-refractivity contribution in [2.24, 2.45) is 0 Å². The fourth-order valence-corrected chi connectivity index (χ4v) is 1.91. The van der Waals surface area contributed by atoms with Crippen molar-refractivity contribution in [2.75, 3.05) is 0 Å². The Labute approximate surface area is 129 Å². The van der Waals surface area contributed by atoms with E-state index >= 15 is 0 Å². The minimum atomic E-state index is -0.526. The van der Waals surface area contributed by atoms with Gasteiger partial charge in [0, 0.05) is 17.7 Å². The molecule has 0 spiro atoms. The van der Waals surface area contributed by atoms with Gasteiger partial charge in [-0.15, -0.1) is 0 Å². The number of hydrogen-bond acceptors (Lipinski definition) is 5. The Morgan fingerprint density at radius 1 is 1.17 bits per heavy atom. The monoisotopic (exact) mass is 314 g/mol. The van der Waals surface area contributed by atoms with Gasteiger partial charge >= 0.3 is 5.63 Å². The van der Waals surface area contributed by atoms with Crippen LogP contribution >= 0.6 is 0 Å². The topological polar surface area (TPSA) is 85.3 Å². The highest BCUT2D eigenvalue weighted by Gasteiger charge is 2.10. The lowest BCUT2D eigenvalue weighted by molar-refractivity contribution is 0.0947. The molecule has 0 saturated heterocycles. The molecule has 3 aromatic rings. The van der Waals surface area contributed by atoms with Gasteiger partial charge in [0.25, 0.3) is 5.91 Å². The summed E-state index contributed by atoms with van der Waals surface area (Å²) in [7, 11) is 0. The molecule has 0 aliphatic heterocycles. The van der Waals surface area contributed by atoms with Gasteiger partial charge in [-0.1, -0.05) is 5.16 Å². The standard InChI is InChI=1S/C16H11FN2O4/c17-12-4-1-10(2-5-12)14-7-13(19-23-14)8-18-16(21)11-3-6-15(20)22-9-11/h1-7,9H,8H2,(H,18,21). The van der Waals surface area contributed by atoms with Crippen LogP contribution in [0.15, 0.2) is 62.5 Å². The van der Waals surface area contributed by atoms with Crippen LogP contribution in [0.5, 0.6) is 0 Å². The highest BCUT2D eigenvalue weighted by molar-refractivity contribution is 5.93. The van der Waals surface area contributed by atoms with Crippen molar-refractivity contribution in [3.05, 3.63) is 76.2 Å². The summed E-state index contributed by atoms with van der Waals surface area (Å²) in [5.74, 6) is -0.268. The summed E-state index contributed by atoms with van der Waals surface area (Å²) in [6, 6.07) is 9.98. The number of aromatic nitrogens is 1. The number of hydrogen-bond donors (Lipinski definition) is 1. The third-order valence-electron chi connectivity index (χ3n) is 3.08. The molecule has 0 unspecified atom stereocenters. The molecule has 7 heteroatoms. The first-order valence-electron chi connectivity index (χ1n) is 6.70. The molecule has 1 aromatic carbocycles. The number of nitrogens with zero attached hydrogens (tertiary/aromatic N) is 1. The smallest absolute Gasteiger partial charge is 0.335 e. The van der Waals surface area contributed by atoms with Crippen LogP contribution in [-0.2, 0) is 6.54 Å². The molecule has 0 aliphatic rings. The van der Waals surface area contributed by atoms with Gasteiger partial charge in [0.15, 0.2) is 5.76 Å². The lowest BCUT2D eigenvalue weighted by Crippen LogP contribution is -2.23. The number of benzene rings is 1. The second-order valence-corrected chi connectivity index (χ2v) is 4.72. The number of nitrogens with one attached hydrogen (secondary N) is 1. The number of rotatable bonds is 4. The number of halogens is 1. The highest BCUT2D eigenvalue weighted by Crippen LogP contribution is 2.20. The van der Waals surface area contributed by atoms with Gasteiger partial charge in [0.1, 0.15) is 17.8 Å². The van der Waals surface area contributed by atoms with Crippen molar-refractivity contribution in [3.8, 4) is 11.3 Å². The van der Waals surface area contributed by atoms with Crippen LogP contribution in [0.4, 0.5) is 4.39 Å². The summed E-state index contributed by atoms with van der Waals surface area (Å²) in [6.07, 6.45) is 1.09. The maximum atomic E-state index is 12.9. The van der Waals surface area contributed by atoms with Crippen LogP contribution in [0.3, 0.4) is 0 Å². The predicted octanol–water partition coefficient (Wildman–Crippen LogP) is 2.36. The molecule has 6 nitrogen and oxygen atoms in total. The molecule has 2 aromatic heterocycles. The zero-order chi connectivity index (χ0) is 16.2. The summed E-state index contributed by atoms with van der Waals surface area (Å²) in [6.45, 7) is 0.142. The molecule has 3 rings (SSSR count). The minimum absolute atomic E-state index is 0.142. The van der Waals surface area contributed by atoms with Crippen LogP contribution in [0.25, 0.3) is 11.3 Å². The first-order valence-corrected chi connectivity index (χ1v) is 6.70. The quantitative estimate of drug-likeness (QED) is 0.799. The highest BCUT2D eigenvalue weighted by atomic mass is 19.1. The van der Waals surface area contributed by atoms with Gasteiger partial charge in [-0.25, -0.2) is 9.18 Å². The molecular weight excluding hydrogens is 303 g/mol. The van der Waals surface area contributed by atoms with Crippen LogP contribution in [0, 0.1) is 5.82 Å². The fourth-order valence-electron chi connectivity index (χ4n) is 1.91. The third-order valence-corrected chi connectivity index (χ3v) is 3.08. The number of carbonyl (C=O) groups excluding carboxylic acids is 1. The first-order chi connectivity index (χ1) is 11.1. The van der Waals surface area contributed by atoms with Gasteiger partial charge in [-0.05, 0) is 30.3 Å². The van der Waals surface area contributed by atoms with E-state index in [4.69, 9.17) is 4.52 Å². The average Bonchev–Trinajstić information content (AvgIpc) is 3.03. The van der Waals surface area contributed by atoms with E-state index in [0.717, 1.165) is 12.3 Å². The van der Waals surface area contributed by atoms with E-state index in [9.17, 15) is 14.0 Å². The van der Waals surface area contributed by atoms with Crippen molar-refractivity contribution in [1.82, 2.24) is 10.5 Å². The Kier molecular flexibility index (Phi) is 4.01. The molecule has 0 fully saturated rings. The Morgan fingerprint density at radius 3 is 2.65 bits per heavy atom. The van der Waals surface area contributed by atoms with Crippen molar-refractivity contribution in [3.63, 3.8) is 0 Å². The van der Waals surface area contributed by atoms with Crippen molar-refractivity contribution in [2.45, 2.75) is 6.54 Å². The molecule has 23 heavy (non-hydrogen) atoms. The second-order valence-electron chi connectivity index (χ2n) is 4.72. The molecule has 0 radical (unpaired) electrons. The molecule has 2 heterocycles. The summed E-state index contributed by atoms with van der Waals surface area (Å²) < 4.78 is 22.7. The van der Waals surface area contributed by atoms with E-state index in [1.807, 2.05) is 0 Å². The predicted molar refractivity (Wildman–Crippen MR) is 78.0 cm³/mol. The Morgan fingerprint density at radius 2 is 1.96 bits per heavy atom. The third kappa shape index (κ3) is 3.52. The summed E-state index contributed by atoms with van der Waals surface area (Å²) in [4.78, 5) is 22.7. The van der Waals surface area contributed by atoms with E-state index in [1.165, 1.54) is 18.2 Å². The number of carbonyl (C=O) groups is 1. The van der Waals surface area contributed by atoms with E-state index in [0.29, 0.717) is 17.0 Å². The molecule has 1 amide bonds. The van der Waals surface area contributed by atoms with Gasteiger partial charge in [0.2, 0.25) is 0 Å². The van der Waals surface area contributed by atoms with Gasteiger partial charge < -0.3 is 14.3 Å². The average molecular weight is 314 g/mol. The molecule has 0 bridgehead atoms. The van der Waals surface area contributed by atoms with E-state index in [1.54, 1.807) is 18.2 Å². The minimum Gasteiger partial charge on any atom is -0.430 e. The maximum absolute atomic E-state index is 12.9. The normalized spacial score (nSPS) is 10.5. The Balaban J connectivity index is 1.65. The largest absolute Gasteiger partial charge is 0.430 e. The van der Waals surface area contributed by atoms with Crippen LogP contribution in [-0.4, -0.2) is 11.1 Å². The van der Waals surface area contributed by atoms with Crippen LogP contribution < -0.4 is 10.9 Å². The van der Waals surface area contributed by atoms with Crippen LogP contribution in [0.1, 0.15) is 16.1 Å². The van der Waals surface area contributed by atoms with E-state index < -0.39 is 11.5 Å². The Hall–Kier alpha value is -3.22. The Bertz CT molecular complexity index is 863. The summed E-state index contributed by atoms with van der Waals surface area (Å²) in [5, 5.41) is 6.46. The molecule has 0 atom stereocenters. The van der Waals surface area contributed by atoms with Gasteiger partial charge in [-0.2, -0.15) is 0 Å². The summed E-state index contributed by atoms with van der Waals surface area (Å²) >= 11 is 0. The van der Waals surface area contributed by atoms with E-state index in [2.05, 4.69) is 14.9 Å². The summed E-state index contributed by atoms with van der Waals surface area (Å²) in [5.41, 5.74) is 0.894. The lowest BCUT2D eigenvalue weighted by atomic mass is 10.1. The zero-order valence-corrected chi connectivity index (χ0v) is 11.8. The SMILES string of the molecule is O=C(NCc1cc(-c2ccc(F)cc2)on1)c1ccc(=O)oc1. The first kappa shape index (κ1) is 14.7. The van der Waals surface area contributed by atoms with E-state index in [-0.39, 0.29) is 17.9 Å². The van der Waals surface area contributed by atoms with Crippen molar-refractivity contribution in [1.29, 1.82) is 0 Å². The molecule has 1 N–H and O–H groups in total. The maximum Gasteiger partial charge on any atom is 0.335 e.